The van der Waals surface area contributed by atoms with Gasteiger partial charge in [-0.3, -0.25) is 14.5 Å². The monoisotopic (exact) mass is 516 g/mol. The van der Waals surface area contributed by atoms with Gasteiger partial charge >= 0.3 is 0 Å². The number of aliphatic hydroxyl groups is 1. The maximum atomic E-state index is 14.3. The van der Waals surface area contributed by atoms with E-state index in [9.17, 15) is 14.7 Å². The molecule has 0 aliphatic carbocycles. The Morgan fingerprint density at radius 2 is 1.95 bits per heavy atom. The zero-order valence-corrected chi connectivity index (χ0v) is 22.8. The highest BCUT2D eigenvalue weighted by Gasteiger charge is 2.63. The van der Waals surface area contributed by atoms with Crippen LogP contribution < -0.4 is 9.64 Å². The van der Waals surface area contributed by atoms with E-state index in [1.54, 1.807) is 12.0 Å². The first-order valence-electron chi connectivity index (χ1n) is 13.5. The van der Waals surface area contributed by atoms with Crippen LogP contribution in [0.1, 0.15) is 62.8 Å². The molecule has 0 saturated carbocycles. The molecule has 7 nitrogen and oxygen atoms in total. The van der Waals surface area contributed by atoms with Gasteiger partial charge in [-0.15, -0.1) is 0 Å². The molecule has 2 amide bonds. The molecule has 1 fully saturated rings. The van der Waals surface area contributed by atoms with E-state index in [1.807, 2.05) is 56.0 Å². The van der Waals surface area contributed by atoms with Crippen molar-refractivity contribution in [3.05, 3.63) is 64.7 Å². The molecular weight excluding hydrogens is 480 g/mol. The summed E-state index contributed by atoms with van der Waals surface area (Å²) in [5.41, 5.74) is 4.43. The molecule has 0 bridgehead atoms. The van der Waals surface area contributed by atoms with Gasteiger partial charge in [0.2, 0.25) is 5.91 Å². The Morgan fingerprint density at radius 3 is 2.66 bits per heavy atom. The number of hydrogen-bond donors (Lipinski definition) is 1. The van der Waals surface area contributed by atoms with Crippen LogP contribution in [0.5, 0.6) is 5.75 Å². The zero-order chi connectivity index (χ0) is 27.0. The second kappa shape index (κ2) is 8.68. The molecule has 38 heavy (non-hydrogen) atoms. The number of amides is 2. The van der Waals surface area contributed by atoms with Crippen LogP contribution in [0.4, 0.5) is 5.69 Å². The maximum absolute atomic E-state index is 14.3. The summed E-state index contributed by atoms with van der Waals surface area (Å²) in [5, 5.41) is 10.1. The van der Waals surface area contributed by atoms with Gasteiger partial charge in [-0.25, -0.2) is 0 Å². The predicted molar refractivity (Wildman–Crippen MR) is 145 cm³/mol. The first kappa shape index (κ1) is 25.1. The highest BCUT2D eigenvalue weighted by Crippen LogP contribution is 2.59. The fourth-order valence-corrected chi connectivity index (χ4v) is 7.21. The molecule has 0 radical (unpaired) electrons. The lowest BCUT2D eigenvalue weighted by atomic mass is 9.82. The van der Waals surface area contributed by atoms with Gasteiger partial charge in [0, 0.05) is 23.6 Å². The third kappa shape index (κ3) is 3.48. The number of carbonyl (C=O) groups excluding carboxylic acids is 2. The minimum Gasteiger partial charge on any atom is -0.497 e. The number of ether oxygens (including phenoxy) is 2. The molecule has 0 aromatic heterocycles. The second-order valence-electron chi connectivity index (χ2n) is 11.8. The van der Waals surface area contributed by atoms with E-state index in [4.69, 9.17) is 9.47 Å². The molecule has 4 heterocycles. The number of nitrogens with zero attached hydrogens (tertiary/aromatic N) is 2. The lowest BCUT2D eigenvalue weighted by Crippen LogP contribution is -2.52. The van der Waals surface area contributed by atoms with Crippen molar-refractivity contribution in [3.63, 3.8) is 0 Å². The molecule has 0 unspecified atom stereocenters. The summed E-state index contributed by atoms with van der Waals surface area (Å²) in [7, 11) is 1.64. The first-order chi connectivity index (χ1) is 18.1. The van der Waals surface area contributed by atoms with Crippen LogP contribution in [0.15, 0.2) is 42.5 Å². The maximum Gasteiger partial charge on any atom is 0.265 e. The molecule has 2 aromatic carbocycles. The normalized spacial score (nSPS) is 28.8. The van der Waals surface area contributed by atoms with E-state index in [0.717, 1.165) is 28.0 Å². The van der Waals surface area contributed by atoms with Crippen LogP contribution in [0.25, 0.3) is 5.57 Å². The van der Waals surface area contributed by atoms with E-state index in [0.29, 0.717) is 25.1 Å². The van der Waals surface area contributed by atoms with E-state index < -0.39 is 17.2 Å². The largest absolute Gasteiger partial charge is 0.497 e. The van der Waals surface area contributed by atoms with Gasteiger partial charge in [-0.05, 0) is 62.4 Å². The average Bonchev–Trinajstić information content (AvgIpc) is 3.35. The Bertz CT molecular complexity index is 1360. The standard InChI is InChI=1S/C31H36N2O5/c1-18-15-30(3,4)33-28-25(18)12-23(37-5)13-26(28)31(29(33)36)19(2)10-24(38-31)14-27(35)32-16-21-9-7-6-8-20(21)11-22(32)17-34/h6-9,12-13,15,19,22,24,34H,10-11,14,16-17H2,1-5H3/t19-,22-,24-,31+/m0/s1. The molecule has 6 rings (SSSR count). The second-order valence-corrected chi connectivity index (χ2v) is 11.8. The van der Waals surface area contributed by atoms with Crippen molar-refractivity contribution in [2.75, 3.05) is 18.6 Å². The van der Waals surface area contributed by atoms with Gasteiger partial charge in [0.25, 0.3) is 5.91 Å². The third-order valence-corrected chi connectivity index (χ3v) is 8.99. The van der Waals surface area contributed by atoms with Crippen LogP contribution >= 0.6 is 0 Å². The average molecular weight is 517 g/mol. The summed E-state index contributed by atoms with van der Waals surface area (Å²) in [6, 6.07) is 11.7. The van der Waals surface area contributed by atoms with Gasteiger partial charge in [0.15, 0.2) is 5.60 Å². The van der Waals surface area contributed by atoms with Crippen molar-refractivity contribution in [1.82, 2.24) is 4.90 Å². The van der Waals surface area contributed by atoms with Crippen molar-refractivity contribution in [2.45, 2.75) is 76.8 Å². The van der Waals surface area contributed by atoms with Crippen LogP contribution in [0.3, 0.4) is 0 Å². The highest BCUT2D eigenvalue weighted by atomic mass is 16.5. The molecule has 200 valence electrons. The minimum atomic E-state index is -1.16. The number of rotatable bonds is 4. The molecule has 4 aliphatic rings. The Kier molecular flexibility index (Phi) is 5.74. The molecule has 1 N–H and O–H groups in total. The van der Waals surface area contributed by atoms with Crippen molar-refractivity contribution in [2.24, 2.45) is 5.92 Å². The third-order valence-electron chi connectivity index (χ3n) is 8.99. The number of aliphatic hydroxyl groups excluding tert-OH is 1. The molecular formula is C31H36N2O5. The predicted octanol–water partition coefficient (Wildman–Crippen LogP) is 4.19. The van der Waals surface area contributed by atoms with Gasteiger partial charge in [0.1, 0.15) is 5.75 Å². The molecule has 1 saturated heterocycles. The number of anilines is 1. The van der Waals surface area contributed by atoms with Gasteiger partial charge in [0.05, 0.1) is 43.5 Å². The lowest BCUT2D eigenvalue weighted by molar-refractivity contribution is -0.151. The first-order valence-corrected chi connectivity index (χ1v) is 13.5. The topological polar surface area (TPSA) is 79.3 Å². The van der Waals surface area contributed by atoms with Crippen molar-refractivity contribution < 1.29 is 24.2 Å². The quantitative estimate of drug-likeness (QED) is 0.659. The Labute approximate surface area is 224 Å². The molecule has 4 atom stereocenters. The number of benzene rings is 2. The fourth-order valence-electron chi connectivity index (χ4n) is 7.21. The number of carbonyl (C=O) groups is 2. The van der Waals surface area contributed by atoms with E-state index in [2.05, 4.69) is 19.1 Å². The zero-order valence-electron chi connectivity index (χ0n) is 22.8. The van der Waals surface area contributed by atoms with Crippen LogP contribution in [-0.4, -0.2) is 53.2 Å². The van der Waals surface area contributed by atoms with Gasteiger partial charge in [-0.2, -0.15) is 0 Å². The number of hydrogen-bond acceptors (Lipinski definition) is 5. The number of methoxy groups -OCH3 is 1. The molecule has 7 heteroatoms. The van der Waals surface area contributed by atoms with E-state index >= 15 is 0 Å². The molecule has 2 aromatic rings. The van der Waals surface area contributed by atoms with Gasteiger partial charge in [-0.1, -0.05) is 37.3 Å². The highest BCUT2D eigenvalue weighted by molar-refractivity contribution is 6.12. The SMILES string of the molecule is COc1cc2c3c(c1)[C@@]1(O[C@H](CC(=O)N4Cc5ccccc5C[C@H]4CO)C[C@@H]1C)C(=O)N3C(C)(C)C=C2C. The van der Waals surface area contributed by atoms with Crippen LogP contribution in [0, 0.1) is 5.92 Å². The van der Waals surface area contributed by atoms with Crippen molar-refractivity contribution in [3.8, 4) is 5.75 Å². The summed E-state index contributed by atoms with van der Waals surface area (Å²) in [5.74, 6) is 0.442. The Balaban J connectivity index is 1.32. The number of allylic oxidation sites excluding steroid dienone is 1. The molecule has 4 aliphatic heterocycles. The summed E-state index contributed by atoms with van der Waals surface area (Å²) in [6.07, 6.45) is 3.12. The van der Waals surface area contributed by atoms with E-state index in [1.165, 1.54) is 5.56 Å². The number of fused-ring (bicyclic) bond motifs is 2. The van der Waals surface area contributed by atoms with Crippen LogP contribution in [0.2, 0.25) is 0 Å². The lowest BCUT2D eigenvalue weighted by Gasteiger charge is -2.39. The Hall–Kier alpha value is -3.16. The molecule has 1 spiro atoms. The minimum absolute atomic E-state index is 0.0520. The van der Waals surface area contributed by atoms with Gasteiger partial charge < -0.3 is 19.5 Å². The van der Waals surface area contributed by atoms with Crippen LogP contribution in [-0.2, 0) is 32.9 Å². The summed E-state index contributed by atoms with van der Waals surface area (Å²) in [4.78, 5) is 31.6. The van der Waals surface area contributed by atoms with Crippen molar-refractivity contribution in [1.29, 1.82) is 0 Å². The fraction of sp³-hybridized carbons (Fsp3) is 0.484. The smallest absolute Gasteiger partial charge is 0.265 e. The van der Waals surface area contributed by atoms with E-state index in [-0.39, 0.29) is 36.8 Å². The summed E-state index contributed by atoms with van der Waals surface area (Å²) < 4.78 is 12.4. The summed E-state index contributed by atoms with van der Waals surface area (Å²) in [6.45, 7) is 8.61. The summed E-state index contributed by atoms with van der Waals surface area (Å²) >= 11 is 0. The van der Waals surface area contributed by atoms with Crippen molar-refractivity contribution >= 4 is 23.1 Å². The Morgan fingerprint density at radius 1 is 1.21 bits per heavy atom.